The van der Waals surface area contributed by atoms with E-state index in [4.69, 9.17) is 0 Å². The lowest BCUT2D eigenvalue weighted by atomic mass is 9.92. The molecular formula is C14H18F2N2O2. The Morgan fingerprint density at radius 2 is 2.00 bits per heavy atom. The molecule has 0 amide bonds. The zero-order chi connectivity index (χ0) is 14.9. The Labute approximate surface area is 116 Å². The predicted octanol–water partition coefficient (Wildman–Crippen LogP) is 3.40. The first-order valence-corrected chi connectivity index (χ1v) is 6.69. The molecule has 0 spiro atoms. The van der Waals surface area contributed by atoms with Crippen molar-refractivity contribution in [3.05, 3.63) is 39.4 Å². The van der Waals surface area contributed by atoms with Gasteiger partial charge in [0.25, 0.3) is 0 Å². The van der Waals surface area contributed by atoms with Gasteiger partial charge < -0.3 is 5.32 Å². The number of nitro groups is 1. The zero-order valence-electron chi connectivity index (χ0n) is 11.6. The minimum atomic E-state index is -1.14. The number of nitrogens with zero attached hydrogens (tertiary/aromatic N) is 1. The maximum Gasteiger partial charge on any atom is 0.305 e. The fraction of sp³-hybridized carbons (Fsp3) is 0.571. The molecule has 6 heteroatoms. The van der Waals surface area contributed by atoms with Crippen molar-refractivity contribution in [3.8, 4) is 0 Å². The third-order valence-corrected chi connectivity index (χ3v) is 4.22. The SMILES string of the molecule is CC(C)C1(CNCc2cc([N+](=O)[O-])c(F)cc2F)CC1. The number of nitrogens with one attached hydrogen (secondary N) is 1. The van der Waals surface area contributed by atoms with E-state index in [-0.39, 0.29) is 17.5 Å². The average molecular weight is 284 g/mol. The maximum atomic E-state index is 13.6. The van der Waals surface area contributed by atoms with E-state index in [1.54, 1.807) is 0 Å². The Morgan fingerprint density at radius 3 is 2.50 bits per heavy atom. The summed E-state index contributed by atoms with van der Waals surface area (Å²) < 4.78 is 26.8. The number of nitro benzene ring substituents is 1. The lowest BCUT2D eigenvalue weighted by Crippen LogP contribution is -2.27. The fourth-order valence-electron chi connectivity index (χ4n) is 2.42. The summed E-state index contributed by atoms with van der Waals surface area (Å²) in [6.07, 6.45) is 2.29. The molecule has 20 heavy (non-hydrogen) atoms. The first-order chi connectivity index (χ1) is 9.35. The highest BCUT2D eigenvalue weighted by Crippen LogP contribution is 2.51. The quantitative estimate of drug-likeness (QED) is 0.643. The molecular weight excluding hydrogens is 266 g/mol. The molecule has 0 saturated heterocycles. The van der Waals surface area contributed by atoms with Crippen molar-refractivity contribution in [2.24, 2.45) is 11.3 Å². The second-order valence-corrected chi connectivity index (χ2v) is 5.77. The highest BCUT2D eigenvalue weighted by Gasteiger charge is 2.44. The largest absolute Gasteiger partial charge is 0.312 e. The summed E-state index contributed by atoms with van der Waals surface area (Å²) in [6.45, 7) is 5.21. The van der Waals surface area contributed by atoms with Gasteiger partial charge in [0.15, 0.2) is 0 Å². The third kappa shape index (κ3) is 2.95. The number of benzene rings is 1. The summed E-state index contributed by atoms with van der Waals surface area (Å²) in [6, 6.07) is 1.54. The molecule has 1 aliphatic carbocycles. The summed E-state index contributed by atoms with van der Waals surface area (Å²) in [5.74, 6) is -1.35. The third-order valence-electron chi connectivity index (χ3n) is 4.22. The Bertz CT molecular complexity index is 528. The molecule has 0 atom stereocenters. The fourth-order valence-corrected chi connectivity index (χ4v) is 2.42. The van der Waals surface area contributed by atoms with Gasteiger partial charge in [-0.25, -0.2) is 4.39 Å². The van der Waals surface area contributed by atoms with Crippen molar-refractivity contribution < 1.29 is 13.7 Å². The molecule has 1 saturated carbocycles. The van der Waals surface area contributed by atoms with Crippen LogP contribution in [0.5, 0.6) is 0 Å². The van der Waals surface area contributed by atoms with Crippen molar-refractivity contribution in [2.75, 3.05) is 6.54 Å². The number of rotatable bonds is 6. The summed E-state index contributed by atoms with van der Waals surface area (Å²) in [5.41, 5.74) is -0.298. The smallest absolute Gasteiger partial charge is 0.305 e. The van der Waals surface area contributed by atoms with Crippen LogP contribution in [0.4, 0.5) is 14.5 Å². The first kappa shape index (κ1) is 14.8. The zero-order valence-corrected chi connectivity index (χ0v) is 11.6. The van der Waals surface area contributed by atoms with E-state index in [1.807, 2.05) is 0 Å². The number of hydrogen-bond donors (Lipinski definition) is 1. The topological polar surface area (TPSA) is 55.2 Å². The van der Waals surface area contributed by atoms with E-state index >= 15 is 0 Å². The van der Waals surface area contributed by atoms with Crippen LogP contribution in [-0.2, 0) is 6.54 Å². The predicted molar refractivity (Wildman–Crippen MR) is 71.2 cm³/mol. The van der Waals surface area contributed by atoms with Gasteiger partial charge in [-0.3, -0.25) is 10.1 Å². The summed E-state index contributed by atoms with van der Waals surface area (Å²) in [4.78, 5) is 9.80. The van der Waals surface area contributed by atoms with Crippen LogP contribution in [-0.4, -0.2) is 11.5 Å². The van der Waals surface area contributed by atoms with Gasteiger partial charge in [-0.15, -0.1) is 0 Å². The standard InChI is InChI=1S/C14H18F2N2O2/c1-9(2)14(3-4-14)8-17-7-10-5-13(18(19)20)12(16)6-11(10)15/h5-6,9,17H,3-4,7-8H2,1-2H3. The van der Waals surface area contributed by atoms with E-state index < -0.39 is 22.2 Å². The normalized spacial score (nSPS) is 16.4. The van der Waals surface area contributed by atoms with Crippen LogP contribution < -0.4 is 5.32 Å². The molecule has 2 rings (SSSR count). The van der Waals surface area contributed by atoms with Gasteiger partial charge >= 0.3 is 5.69 Å². The Kier molecular flexibility index (Phi) is 4.04. The summed E-state index contributed by atoms with van der Waals surface area (Å²) >= 11 is 0. The monoisotopic (exact) mass is 284 g/mol. The van der Waals surface area contributed by atoms with Crippen LogP contribution in [0.25, 0.3) is 0 Å². The van der Waals surface area contributed by atoms with Crippen molar-refractivity contribution in [2.45, 2.75) is 33.2 Å². The molecule has 1 N–H and O–H groups in total. The van der Waals surface area contributed by atoms with Gasteiger partial charge in [0.1, 0.15) is 5.82 Å². The summed E-state index contributed by atoms with van der Waals surface area (Å²) in [7, 11) is 0. The van der Waals surface area contributed by atoms with Crippen LogP contribution in [0, 0.1) is 33.1 Å². The molecule has 0 heterocycles. The van der Waals surface area contributed by atoms with Crippen LogP contribution in [0.1, 0.15) is 32.3 Å². The van der Waals surface area contributed by atoms with Gasteiger partial charge in [-0.05, 0) is 24.2 Å². The summed E-state index contributed by atoms with van der Waals surface area (Å²) in [5, 5.41) is 13.8. The average Bonchev–Trinajstić information content (AvgIpc) is 3.12. The number of halogens is 2. The molecule has 0 bridgehead atoms. The molecule has 0 radical (unpaired) electrons. The van der Waals surface area contributed by atoms with Crippen LogP contribution in [0.2, 0.25) is 0 Å². The lowest BCUT2D eigenvalue weighted by molar-refractivity contribution is -0.387. The van der Waals surface area contributed by atoms with Crippen molar-refractivity contribution in [1.82, 2.24) is 5.32 Å². The van der Waals surface area contributed by atoms with Gasteiger partial charge in [0.05, 0.1) is 4.92 Å². The van der Waals surface area contributed by atoms with Crippen molar-refractivity contribution >= 4 is 5.69 Å². The Balaban J connectivity index is 2.03. The first-order valence-electron chi connectivity index (χ1n) is 6.69. The molecule has 4 nitrogen and oxygen atoms in total. The van der Waals surface area contributed by atoms with Gasteiger partial charge in [0.2, 0.25) is 5.82 Å². The molecule has 110 valence electrons. The van der Waals surface area contributed by atoms with Gasteiger partial charge in [0, 0.05) is 30.8 Å². The van der Waals surface area contributed by atoms with Crippen molar-refractivity contribution in [3.63, 3.8) is 0 Å². The minimum Gasteiger partial charge on any atom is -0.312 e. The highest BCUT2D eigenvalue weighted by atomic mass is 19.1. The lowest BCUT2D eigenvalue weighted by Gasteiger charge is -2.20. The van der Waals surface area contributed by atoms with Gasteiger partial charge in [-0.1, -0.05) is 13.8 Å². The molecule has 0 aromatic heterocycles. The second kappa shape index (κ2) is 5.44. The van der Waals surface area contributed by atoms with Crippen LogP contribution in [0.15, 0.2) is 12.1 Å². The molecule has 0 aliphatic heterocycles. The van der Waals surface area contributed by atoms with E-state index in [1.165, 1.54) is 0 Å². The molecule has 1 aliphatic rings. The highest BCUT2D eigenvalue weighted by molar-refractivity contribution is 5.37. The van der Waals surface area contributed by atoms with E-state index in [0.717, 1.165) is 25.5 Å². The van der Waals surface area contributed by atoms with E-state index in [9.17, 15) is 18.9 Å². The van der Waals surface area contributed by atoms with Crippen molar-refractivity contribution in [1.29, 1.82) is 0 Å². The molecule has 0 unspecified atom stereocenters. The Morgan fingerprint density at radius 1 is 1.35 bits per heavy atom. The van der Waals surface area contributed by atoms with Gasteiger partial charge in [-0.2, -0.15) is 4.39 Å². The second-order valence-electron chi connectivity index (χ2n) is 5.77. The number of hydrogen-bond acceptors (Lipinski definition) is 3. The minimum absolute atomic E-state index is 0.123. The Hall–Kier alpha value is -1.56. The molecule has 1 aromatic rings. The molecule has 1 fully saturated rings. The van der Waals surface area contributed by atoms with Crippen LogP contribution >= 0.6 is 0 Å². The van der Waals surface area contributed by atoms with E-state index in [2.05, 4.69) is 19.2 Å². The maximum absolute atomic E-state index is 13.6. The molecule has 1 aromatic carbocycles. The van der Waals surface area contributed by atoms with Crippen LogP contribution in [0.3, 0.4) is 0 Å². The van der Waals surface area contributed by atoms with E-state index in [0.29, 0.717) is 12.0 Å².